The van der Waals surface area contributed by atoms with Gasteiger partial charge in [-0.2, -0.15) is 0 Å². The molecule has 0 amide bonds. The molecule has 0 aromatic heterocycles. The largest absolute Gasteiger partial charge is 0.457 e. The first-order valence-corrected chi connectivity index (χ1v) is 26.6. The molecule has 0 fully saturated rings. The van der Waals surface area contributed by atoms with Crippen molar-refractivity contribution in [1.29, 1.82) is 0 Å². The Morgan fingerprint density at radius 1 is 0.351 bits per heavy atom. The third kappa shape index (κ3) is 49.7. The van der Waals surface area contributed by atoms with Crippen LogP contribution in [0.3, 0.4) is 0 Å². The number of rotatable bonds is 51. The average Bonchev–Trinajstić information content (AvgIpc) is 3.22. The summed E-state index contributed by atoms with van der Waals surface area (Å²) in [5.74, 6) is -0.190. The van der Waals surface area contributed by atoms with Crippen LogP contribution in [0.4, 0.5) is 0 Å². The van der Waals surface area contributed by atoms with E-state index in [1.807, 2.05) is 0 Å². The Bertz CT molecular complexity index is 726. The molecule has 0 heterocycles. The number of hydrogen-bond acceptors (Lipinski definition) is 4. The fourth-order valence-electron chi connectivity index (χ4n) is 8.45. The highest BCUT2D eigenvalue weighted by Gasteiger charge is 2.13. The summed E-state index contributed by atoms with van der Waals surface area (Å²) in [5, 5.41) is 9.66. The molecule has 1 atom stereocenters. The van der Waals surface area contributed by atoms with Crippen LogP contribution < -0.4 is 0 Å². The van der Waals surface area contributed by atoms with Crippen molar-refractivity contribution in [1.82, 2.24) is 0 Å². The predicted octanol–water partition coefficient (Wildman–Crippen LogP) is 17.9. The monoisotopic (exact) mass is 807 g/mol. The summed E-state index contributed by atoms with van der Waals surface area (Å²) in [6.07, 6.45) is 62.1. The molecule has 0 aliphatic heterocycles. The summed E-state index contributed by atoms with van der Waals surface area (Å²) in [7, 11) is 0. The van der Waals surface area contributed by atoms with Gasteiger partial charge in [-0.25, -0.2) is 0 Å². The van der Waals surface area contributed by atoms with Crippen molar-refractivity contribution in [2.24, 2.45) is 0 Å². The van der Waals surface area contributed by atoms with Gasteiger partial charge in [0, 0.05) is 13.0 Å². The van der Waals surface area contributed by atoms with E-state index in [1.165, 1.54) is 270 Å². The molecule has 1 N–H and O–H groups in total. The Morgan fingerprint density at radius 3 is 0.825 bits per heavy atom. The Morgan fingerprint density at radius 2 is 0.579 bits per heavy atom. The van der Waals surface area contributed by atoms with Crippen molar-refractivity contribution in [3.8, 4) is 0 Å². The third-order valence-electron chi connectivity index (χ3n) is 12.4. The first kappa shape index (κ1) is 56.4. The Hall–Kier alpha value is -0.610. The molecule has 0 saturated carbocycles. The lowest BCUT2D eigenvalue weighted by molar-refractivity contribution is -0.154. The van der Waals surface area contributed by atoms with E-state index in [0.29, 0.717) is 19.6 Å². The lowest BCUT2D eigenvalue weighted by atomic mass is 10.0. The molecule has 0 saturated heterocycles. The maximum atomic E-state index is 12.3. The quantitative estimate of drug-likeness (QED) is 0.0491. The molecule has 1 unspecified atom stereocenters. The van der Waals surface area contributed by atoms with Gasteiger partial charge in [0.05, 0.1) is 13.2 Å². The van der Waals surface area contributed by atoms with Crippen LogP contribution >= 0.6 is 0 Å². The fraction of sp³-hybridized carbons (Fsp3) is 0.981. The molecule has 0 aliphatic carbocycles. The maximum absolute atomic E-state index is 12.3. The van der Waals surface area contributed by atoms with Crippen LogP contribution in [0.25, 0.3) is 0 Å². The van der Waals surface area contributed by atoms with Crippen molar-refractivity contribution >= 4 is 5.97 Å². The summed E-state index contributed by atoms with van der Waals surface area (Å²) in [6.45, 7) is 5.43. The van der Waals surface area contributed by atoms with Gasteiger partial charge in [-0.15, -0.1) is 0 Å². The minimum absolute atomic E-state index is 0.162. The van der Waals surface area contributed by atoms with Crippen LogP contribution in [-0.2, 0) is 14.3 Å². The van der Waals surface area contributed by atoms with Crippen molar-refractivity contribution in [2.75, 3.05) is 19.8 Å². The lowest BCUT2D eigenvalue weighted by Crippen LogP contribution is -2.27. The Kier molecular flexibility index (Phi) is 51.0. The van der Waals surface area contributed by atoms with E-state index in [1.54, 1.807) is 0 Å². The number of carbonyl (C=O) groups is 1. The van der Waals surface area contributed by atoms with E-state index < -0.39 is 6.10 Å². The second-order valence-corrected chi connectivity index (χ2v) is 18.3. The second-order valence-electron chi connectivity index (χ2n) is 18.3. The molecule has 0 aromatic rings. The van der Waals surface area contributed by atoms with Gasteiger partial charge in [0.15, 0.2) is 0 Å². The van der Waals surface area contributed by atoms with Gasteiger partial charge in [0.1, 0.15) is 6.10 Å². The summed E-state index contributed by atoms with van der Waals surface area (Å²) in [5.41, 5.74) is 0. The number of esters is 1. The highest BCUT2D eigenvalue weighted by atomic mass is 16.6. The summed E-state index contributed by atoms with van der Waals surface area (Å²) in [4.78, 5) is 12.3. The molecule has 342 valence electrons. The van der Waals surface area contributed by atoms with E-state index in [9.17, 15) is 9.90 Å². The van der Waals surface area contributed by atoms with Crippen molar-refractivity contribution in [3.05, 3.63) is 0 Å². The number of aliphatic hydroxyl groups excluding tert-OH is 1. The van der Waals surface area contributed by atoms with Gasteiger partial charge in [-0.3, -0.25) is 4.79 Å². The van der Waals surface area contributed by atoms with E-state index in [-0.39, 0.29) is 12.6 Å². The molecule has 0 bridgehead atoms. The third-order valence-corrected chi connectivity index (χ3v) is 12.4. The molecule has 0 radical (unpaired) electrons. The normalized spacial score (nSPS) is 12.1. The zero-order valence-electron chi connectivity index (χ0n) is 39.4. The van der Waals surface area contributed by atoms with Crippen molar-refractivity contribution in [2.45, 2.75) is 315 Å². The molecule has 4 nitrogen and oxygen atoms in total. The van der Waals surface area contributed by atoms with E-state index in [4.69, 9.17) is 9.47 Å². The minimum Gasteiger partial charge on any atom is -0.457 e. The minimum atomic E-state index is -0.526. The van der Waals surface area contributed by atoms with Gasteiger partial charge in [0.2, 0.25) is 0 Å². The van der Waals surface area contributed by atoms with Crippen LogP contribution in [-0.4, -0.2) is 37.0 Å². The van der Waals surface area contributed by atoms with Crippen molar-refractivity contribution < 1.29 is 19.4 Å². The maximum Gasteiger partial charge on any atom is 0.306 e. The smallest absolute Gasteiger partial charge is 0.306 e. The standard InChI is InChI=1S/C53H106O4/c1-3-5-7-9-11-13-15-17-19-21-23-25-26-27-28-29-31-33-35-37-39-41-43-45-47-49-56-51-52(50-54)57-53(55)48-46-44-42-40-38-36-34-32-30-24-22-20-18-16-14-12-10-8-6-4-2/h52,54H,3-51H2,1-2H3. The van der Waals surface area contributed by atoms with E-state index in [2.05, 4.69) is 13.8 Å². The van der Waals surface area contributed by atoms with Crippen LogP contribution in [0.2, 0.25) is 0 Å². The molecular weight excluding hydrogens is 701 g/mol. The van der Waals surface area contributed by atoms with Crippen LogP contribution in [0, 0.1) is 0 Å². The van der Waals surface area contributed by atoms with Gasteiger partial charge < -0.3 is 14.6 Å². The number of aliphatic hydroxyl groups is 1. The van der Waals surface area contributed by atoms with E-state index >= 15 is 0 Å². The SMILES string of the molecule is CCCCCCCCCCCCCCCCCCCCCCCCCCCOCC(CO)OC(=O)CCCCCCCCCCCCCCCCCCCCCC. The van der Waals surface area contributed by atoms with Gasteiger partial charge >= 0.3 is 5.97 Å². The summed E-state index contributed by atoms with van der Waals surface area (Å²) >= 11 is 0. The zero-order chi connectivity index (χ0) is 41.2. The highest BCUT2D eigenvalue weighted by Crippen LogP contribution is 2.18. The van der Waals surface area contributed by atoms with Crippen LogP contribution in [0.15, 0.2) is 0 Å². The zero-order valence-corrected chi connectivity index (χ0v) is 39.4. The average molecular weight is 807 g/mol. The highest BCUT2D eigenvalue weighted by molar-refractivity contribution is 5.69. The van der Waals surface area contributed by atoms with Gasteiger partial charge in [0.25, 0.3) is 0 Å². The predicted molar refractivity (Wildman–Crippen MR) is 252 cm³/mol. The summed E-state index contributed by atoms with van der Waals surface area (Å²) in [6, 6.07) is 0. The van der Waals surface area contributed by atoms with Gasteiger partial charge in [-0.1, -0.05) is 290 Å². The van der Waals surface area contributed by atoms with Crippen molar-refractivity contribution in [3.63, 3.8) is 0 Å². The first-order chi connectivity index (χ1) is 28.2. The summed E-state index contributed by atoms with van der Waals surface area (Å²) < 4.78 is 11.2. The van der Waals surface area contributed by atoms with Crippen LogP contribution in [0.5, 0.6) is 0 Å². The van der Waals surface area contributed by atoms with E-state index in [0.717, 1.165) is 19.3 Å². The van der Waals surface area contributed by atoms with Gasteiger partial charge in [-0.05, 0) is 12.8 Å². The molecule has 4 heteroatoms. The Balaban J connectivity index is 3.31. The second kappa shape index (κ2) is 51.5. The molecule has 0 rings (SSSR count). The Labute approximate surface area is 359 Å². The number of carbonyl (C=O) groups excluding carboxylic acids is 1. The molecule has 0 aromatic carbocycles. The molecule has 0 spiro atoms. The number of hydrogen-bond donors (Lipinski definition) is 1. The molecule has 57 heavy (non-hydrogen) atoms. The number of unbranched alkanes of at least 4 members (excludes halogenated alkanes) is 43. The lowest BCUT2D eigenvalue weighted by Gasteiger charge is -2.16. The first-order valence-electron chi connectivity index (χ1n) is 26.6. The molecular formula is C53H106O4. The number of ether oxygens (including phenoxy) is 2. The topological polar surface area (TPSA) is 55.8 Å². The molecule has 0 aliphatic rings. The fourth-order valence-corrected chi connectivity index (χ4v) is 8.45. The van der Waals surface area contributed by atoms with Crippen LogP contribution in [0.1, 0.15) is 309 Å².